The molecule has 0 spiro atoms. The molecule has 0 radical (unpaired) electrons. The van der Waals surface area contributed by atoms with Crippen molar-refractivity contribution in [2.45, 2.75) is 254 Å². The number of aromatic nitrogens is 8. The van der Waals surface area contributed by atoms with Crippen LogP contribution in [0.15, 0.2) is 51.2 Å². The maximum Gasteiger partial charge on any atom is 0.349 e. The van der Waals surface area contributed by atoms with E-state index in [2.05, 4.69) is 72.8 Å². The van der Waals surface area contributed by atoms with E-state index in [-0.39, 0.29) is 117 Å². The lowest BCUT2D eigenvalue weighted by Gasteiger charge is -2.33. The van der Waals surface area contributed by atoms with Gasteiger partial charge in [-0.05, 0) is 115 Å². The molecule has 10 amide bonds. The number of rotatable bonds is 44. The molecule has 38 nitrogen and oxygen atoms in total. The molecular weight excluding hydrogens is 1430 g/mol. The number of nitrogen functional groups attached to an aromatic ring is 3. The first-order valence-corrected chi connectivity index (χ1v) is 39.1. The Labute approximate surface area is 642 Å². The van der Waals surface area contributed by atoms with Crippen molar-refractivity contribution in [2.75, 3.05) is 43.4 Å². The van der Waals surface area contributed by atoms with Gasteiger partial charge in [0.05, 0.1) is 46.7 Å². The molecule has 0 bridgehead atoms. The number of amides is 10. The molecule has 3 aliphatic carbocycles. The van der Waals surface area contributed by atoms with Crippen LogP contribution in [0.3, 0.4) is 0 Å². The van der Waals surface area contributed by atoms with E-state index in [1.165, 1.54) is 22.9 Å². The minimum absolute atomic E-state index is 0.0192. The Morgan fingerprint density at radius 1 is 0.441 bits per heavy atom. The van der Waals surface area contributed by atoms with Gasteiger partial charge in [0.25, 0.3) is 11.1 Å². The minimum Gasteiger partial charge on any atom is -0.383 e. The molecule has 111 heavy (non-hydrogen) atoms. The summed E-state index contributed by atoms with van der Waals surface area (Å²) in [6, 6.07) is -2.19. The summed E-state index contributed by atoms with van der Waals surface area (Å²) in [6.07, 6.45) is 14.8. The van der Waals surface area contributed by atoms with Crippen molar-refractivity contribution in [3.63, 3.8) is 0 Å². The molecule has 0 aromatic carbocycles. The molecule has 0 unspecified atom stereocenters. The van der Waals surface area contributed by atoms with Crippen LogP contribution >= 0.6 is 0 Å². The molecule has 8 rings (SSSR count). The average Bonchev–Trinajstić information content (AvgIpc) is 1.67. The standard InChI is InChI=1S/C73H115N25O13/c74-26-10-7-13-42(77)33-58(100)83-45(39-96-30-23-51-64(96)92-71(80)94-69(51)109)36-62(104)89-54-20-5-2-17-49(54)67(107)87-44(15-9-12-28-76)35-60(102)85-47(41-98-32-25-56(78)91-73(98)111)38-63(105)90-55-21-6-3-18-50(55)68(108)86-43(14-8-11-27-75)34-59(101)84-46(40-97-31-24-52-65(97)93-72(81)95-70(52)110)37-61(103)88-53-19-4-1-16-48(53)66(106)82-29-22-57(79)99/h23-25,30-32,42-50,53-55H,1-22,26-29,33-41,74-77H2,(H2,79,99)(H,82,106)(H,83,100)(H,84,101)(H,85,102)(H,86,108)(H,87,107)(H,88,103)(H,89,104)(H,90,105)(H2,78,91,111)(H3,80,92,94,109)(H3,81,93,95,110)/t42-,43-,44-,45+,46+,47+,48-,49-,50-,53-,54-,55-/m1/s1. The number of nitrogens with one attached hydrogen (secondary N) is 11. The van der Waals surface area contributed by atoms with Gasteiger partial charge in [0, 0.05) is 126 Å². The van der Waals surface area contributed by atoms with Crippen LogP contribution in [0.1, 0.15) is 180 Å². The van der Waals surface area contributed by atoms with Gasteiger partial charge < -0.3 is 103 Å². The number of nitrogens with zero attached hydrogens (tertiary/aromatic N) is 6. The summed E-state index contributed by atoms with van der Waals surface area (Å²) >= 11 is 0. The number of hydrogen-bond donors (Lipinski definition) is 19. The summed E-state index contributed by atoms with van der Waals surface area (Å²) in [4.78, 5) is 195. The van der Waals surface area contributed by atoms with E-state index in [4.69, 9.17) is 45.9 Å². The number of nitrogens with two attached hydrogens (primary N) is 8. The predicted octanol–water partition coefficient (Wildman–Crippen LogP) is -2.04. The Hall–Kier alpha value is -10.3. The molecule has 0 aliphatic heterocycles. The fraction of sp³-hybridized carbons (Fsp3) is 0.644. The van der Waals surface area contributed by atoms with Crippen LogP contribution < -0.4 is 111 Å². The zero-order valence-electron chi connectivity index (χ0n) is 63.3. The van der Waals surface area contributed by atoms with E-state index in [9.17, 15) is 62.3 Å². The maximum absolute atomic E-state index is 14.7. The molecule has 3 fully saturated rings. The van der Waals surface area contributed by atoms with Crippen molar-refractivity contribution in [3.8, 4) is 0 Å². The third kappa shape index (κ3) is 27.3. The van der Waals surface area contributed by atoms with Gasteiger partial charge in [-0.3, -0.25) is 72.1 Å². The van der Waals surface area contributed by atoms with Gasteiger partial charge in [0.15, 0.2) is 0 Å². The van der Waals surface area contributed by atoms with E-state index in [0.717, 1.165) is 25.7 Å². The summed E-state index contributed by atoms with van der Waals surface area (Å²) in [7, 11) is 0. The van der Waals surface area contributed by atoms with Gasteiger partial charge >= 0.3 is 5.69 Å². The normalized spacial score (nSPS) is 19.4. The number of hydrogen-bond acceptors (Lipinski definition) is 23. The highest BCUT2D eigenvalue weighted by Crippen LogP contribution is 2.29. The van der Waals surface area contributed by atoms with E-state index in [1.54, 1.807) is 27.6 Å². The molecule has 27 N–H and O–H groups in total. The number of H-pyrrole nitrogens is 2. The summed E-state index contributed by atoms with van der Waals surface area (Å²) < 4.78 is 4.41. The van der Waals surface area contributed by atoms with Crippen molar-refractivity contribution >= 4 is 98.9 Å². The van der Waals surface area contributed by atoms with Crippen molar-refractivity contribution in [1.82, 2.24) is 86.5 Å². The van der Waals surface area contributed by atoms with Gasteiger partial charge in [-0.2, -0.15) is 15.0 Å². The van der Waals surface area contributed by atoms with Gasteiger partial charge in [0.1, 0.15) is 17.1 Å². The number of carbonyl (C=O) groups is 10. The van der Waals surface area contributed by atoms with Crippen molar-refractivity contribution in [1.29, 1.82) is 0 Å². The smallest absolute Gasteiger partial charge is 0.349 e. The van der Waals surface area contributed by atoms with Crippen LogP contribution in [0.2, 0.25) is 0 Å². The summed E-state index contributed by atoms with van der Waals surface area (Å²) in [6.45, 7) is 0.945. The van der Waals surface area contributed by atoms with Gasteiger partial charge in [-0.1, -0.05) is 57.8 Å². The average molecular weight is 1550 g/mol. The lowest BCUT2D eigenvalue weighted by Crippen LogP contribution is -2.53. The quantitative estimate of drug-likeness (QED) is 0.0187. The molecule has 12 atom stereocenters. The molecule has 0 saturated heterocycles. The third-order valence-electron chi connectivity index (χ3n) is 20.9. The van der Waals surface area contributed by atoms with E-state index < -0.39 is 142 Å². The van der Waals surface area contributed by atoms with Crippen LogP contribution in [0.4, 0.5) is 17.7 Å². The van der Waals surface area contributed by atoms with Crippen LogP contribution in [0.25, 0.3) is 22.1 Å². The molecule has 3 aliphatic rings. The highest BCUT2D eigenvalue weighted by Gasteiger charge is 2.38. The SMILES string of the molecule is NCCCC[C@@H](N)CC(=O)N[C@@H](CC(=O)N[C@@H]1CCCC[C@H]1C(=O)N[C@H](CCCCN)CC(=O)N[C@@H](CC(=O)N[C@@H]1CCCC[C@H]1C(=O)N[C@H](CCCCN)CC(=O)N[C@@H](CC(=O)N[C@@H]1CCCC[C@H]1C(=O)NCCC(N)=O)Cn1ccc2c(=O)[nH]c(N)nc21)Cn1ccc(N)nc1=O)Cn1ccc2c(=O)[nH]c(N)nc21. The molecule has 610 valence electrons. The molecule has 5 heterocycles. The summed E-state index contributed by atoms with van der Waals surface area (Å²) in [5, 5.41) is 27.4. The van der Waals surface area contributed by atoms with Crippen LogP contribution in [0.5, 0.6) is 0 Å². The summed E-state index contributed by atoms with van der Waals surface area (Å²) in [5.74, 6) is -7.10. The highest BCUT2D eigenvalue weighted by atomic mass is 16.2. The van der Waals surface area contributed by atoms with Gasteiger partial charge in [-0.25, -0.2) is 4.79 Å². The van der Waals surface area contributed by atoms with Crippen LogP contribution in [0, 0.1) is 17.8 Å². The second kappa shape index (κ2) is 43.3. The number of aromatic amines is 2. The largest absolute Gasteiger partial charge is 0.383 e. The Bertz CT molecular complexity index is 4170. The molecule has 5 aromatic rings. The van der Waals surface area contributed by atoms with E-state index in [0.29, 0.717) is 129 Å². The Kier molecular flexibility index (Phi) is 33.7. The zero-order valence-corrected chi connectivity index (χ0v) is 63.3. The van der Waals surface area contributed by atoms with Gasteiger partial charge in [-0.15, -0.1) is 0 Å². The fourth-order valence-corrected chi connectivity index (χ4v) is 15.4. The lowest BCUT2D eigenvalue weighted by molar-refractivity contribution is -0.131. The molecular formula is C73H115N25O13. The van der Waals surface area contributed by atoms with Crippen molar-refractivity contribution in [2.24, 2.45) is 46.4 Å². The molecule has 5 aromatic heterocycles. The Balaban J connectivity index is 0.922. The summed E-state index contributed by atoms with van der Waals surface area (Å²) in [5.41, 5.74) is 45.6. The number of fused-ring (bicyclic) bond motifs is 2. The van der Waals surface area contributed by atoms with Crippen LogP contribution in [-0.2, 0) is 67.6 Å². The zero-order chi connectivity index (χ0) is 80.1. The number of primary amides is 1. The topological polar surface area (TPSA) is 623 Å². The van der Waals surface area contributed by atoms with Crippen LogP contribution in [-0.4, -0.2) is 178 Å². The van der Waals surface area contributed by atoms with E-state index >= 15 is 0 Å². The maximum atomic E-state index is 14.7. The van der Waals surface area contributed by atoms with E-state index in [1.807, 2.05) is 0 Å². The first-order valence-electron chi connectivity index (χ1n) is 39.1. The second-order valence-electron chi connectivity index (χ2n) is 29.8. The monoisotopic (exact) mass is 1550 g/mol. The van der Waals surface area contributed by atoms with Crippen molar-refractivity contribution < 1.29 is 47.9 Å². The number of carbonyl (C=O) groups excluding carboxylic acids is 10. The number of unbranched alkanes of at least 4 members (excludes halogenated alkanes) is 3. The first-order chi connectivity index (χ1) is 53.3. The Morgan fingerprint density at radius 2 is 0.811 bits per heavy atom. The number of anilines is 3. The second-order valence-corrected chi connectivity index (χ2v) is 29.8. The molecule has 3 saturated carbocycles. The Morgan fingerprint density at radius 3 is 1.22 bits per heavy atom. The predicted molar refractivity (Wildman–Crippen MR) is 415 cm³/mol. The first kappa shape index (κ1) is 86.3. The fourth-order valence-electron chi connectivity index (χ4n) is 15.4. The lowest BCUT2D eigenvalue weighted by atomic mass is 9.83. The van der Waals surface area contributed by atoms with Gasteiger partial charge in [0.2, 0.25) is 71.0 Å². The highest BCUT2D eigenvalue weighted by molar-refractivity contribution is 5.87. The van der Waals surface area contributed by atoms with Crippen molar-refractivity contribution in [3.05, 3.63) is 68.0 Å². The third-order valence-corrected chi connectivity index (χ3v) is 20.9. The minimum atomic E-state index is -1.06. The molecule has 38 heteroatoms.